The number of benzene rings is 3. The molecule has 4 rings (SSSR count). The molecule has 1 heterocycles. The standard InChI is InChI=1S/C23H13BrClNO4/c24-17-10-9-13(11-16(17)22(28)14-5-1-3-7-18(14)25)26-23(29)21-12-19(27)15-6-2-4-8-20(15)30-21/h1-12H,(H,26,29). The minimum absolute atomic E-state index is 0.124. The van der Waals surface area contributed by atoms with E-state index in [2.05, 4.69) is 21.2 Å². The molecule has 148 valence electrons. The Hall–Kier alpha value is -3.22. The number of hydrogen-bond acceptors (Lipinski definition) is 4. The van der Waals surface area contributed by atoms with Gasteiger partial charge in [0.15, 0.2) is 17.0 Å². The van der Waals surface area contributed by atoms with Crippen molar-refractivity contribution in [1.82, 2.24) is 0 Å². The van der Waals surface area contributed by atoms with Crippen molar-refractivity contribution in [2.75, 3.05) is 5.32 Å². The average molecular weight is 483 g/mol. The molecular weight excluding hydrogens is 470 g/mol. The maximum atomic E-state index is 12.9. The summed E-state index contributed by atoms with van der Waals surface area (Å²) in [5, 5.41) is 3.39. The summed E-state index contributed by atoms with van der Waals surface area (Å²) in [4.78, 5) is 37.8. The first-order chi connectivity index (χ1) is 14.4. The molecule has 0 aliphatic heterocycles. The van der Waals surface area contributed by atoms with E-state index in [1.165, 1.54) is 6.07 Å². The molecule has 0 saturated heterocycles. The van der Waals surface area contributed by atoms with E-state index in [-0.39, 0.29) is 17.0 Å². The number of hydrogen-bond donors (Lipinski definition) is 1. The molecule has 0 unspecified atom stereocenters. The smallest absolute Gasteiger partial charge is 0.291 e. The van der Waals surface area contributed by atoms with Gasteiger partial charge < -0.3 is 9.73 Å². The van der Waals surface area contributed by atoms with Crippen molar-refractivity contribution in [2.24, 2.45) is 0 Å². The van der Waals surface area contributed by atoms with Crippen molar-refractivity contribution in [1.29, 1.82) is 0 Å². The first-order valence-corrected chi connectivity index (χ1v) is 10.0. The highest BCUT2D eigenvalue weighted by atomic mass is 79.9. The van der Waals surface area contributed by atoms with Crippen LogP contribution in [0, 0.1) is 0 Å². The summed E-state index contributed by atoms with van der Waals surface area (Å²) in [7, 11) is 0. The minimum atomic E-state index is -0.601. The monoisotopic (exact) mass is 481 g/mol. The van der Waals surface area contributed by atoms with E-state index in [1.54, 1.807) is 60.7 Å². The first-order valence-electron chi connectivity index (χ1n) is 8.87. The Morgan fingerprint density at radius 1 is 0.900 bits per heavy atom. The van der Waals surface area contributed by atoms with Crippen LogP contribution in [0.4, 0.5) is 5.69 Å². The Labute approximate surface area is 184 Å². The predicted octanol–water partition coefficient (Wildman–Crippen LogP) is 5.69. The zero-order valence-electron chi connectivity index (χ0n) is 15.3. The third-order valence-corrected chi connectivity index (χ3v) is 5.47. The molecule has 5 nitrogen and oxygen atoms in total. The Balaban J connectivity index is 1.65. The van der Waals surface area contributed by atoms with Gasteiger partial charge in [-0.05, 0) is 42.5 Å². The summed E-state index contributed by atoms with van der Waals surface area (Å²) < 4.78 is 6.12. The van der Waals surface area contributed by atoms with Crippen molar-refractivity contribution in [3.63, 3.8) is 0 Å². The van der Waals surface area contributed by atoms with Crippen LogP contribution in [0.1, 0.15) is 26.5 Å². The maximum Gasteiger partial charge on any atom is 0.291 e. The molecule has 0 aliphatic carbocycles. The fourth-order valence-electron chi connectivity index (χ4n) is 2.98. The third kappa shape index (κ3) is 3.92. The lowest BCUT2D eigenvalue weighted by Crippen LogP contribution is -2.15. The molecule has 1 amide bonds. The zero-order chi connectivity index (χ0) is 21.3. The number of carbonyl (C=O) groups excluding carboxylic acids is 2. The zero-order valence-corrected chi connectivity index (χ0v) is 17.7. The highest BCUT2D eigenvalue weighted by Crippen LogP contribution is 2.27. The van der Waals surface area contributed by atoms with Crippen LogP contribution in [-0.2, 0) is 0 Å². The van der Waals surface area contributed by atoms with Gasteiger partial charge in [-0.15, -0.1) is 0 Å². The van der Waals surface area contributed by atoms with Crippen molar-refractivity contribution >= 4 is 55.9 Å². The molecule has 30 heavy (non-hydrogen) atoms. The van der Waals surface area contributed by atoms with E-state index in [4.69, 9.17) is 16.0 Å². The molecular formula is C23H13BrClNO4. The molecule has 0 spiro atoms. The van der Waals surface area contributed by atoms with Gasteiger partial charge in [0.05, 0.1) is 10.4 Å². The lowest BCUT2D eigenvalue weighted by Gasteiger charge is -2.10. The molecule has 0 radical (unpaired) electrons. The lowest BCUT2D eigenvalue weighted by atomic mass is 10.0. The van der Waals surface area contributed by atoms with Crippen molar-refractivity contribution in [3.8, 4) is 0 Å². The number of fused-ring (bicyclic) bond motifs is 1. The van der Waals surface area contributed by atoms with Crippen LogP contribution in [0.3, 0.4) is 0 Å². The number of rotatable bonds is 4. The second-order valence-electron chi connectivity index (χ2n) is 6.43. The first kappa shape index (κ1) is 20.1. The number of anilines is 1. The van der Waals surface area contributed by atoms with Crippen LogP contribution >= 0.6 is 27.5 Å². The Morgan fingerprint density at radius 3 is 2.43 bits per heavy atom. The molecule has 0 aliphatic rings. The molecule has 1 aromatic heterocycles. The van der Waals surface area contributed by atoms with E-state index in [0.29, 0.717) is 37.3 Å². The van der Waals surface area contributed by atoms with Crippen LogP contribution in [-0.4, -0.2) is 11.7 Å². The molecule has 0 fully saturated rings. The number of halogens is 2. The summed E-state index contributed by atoms with van der Waals surface area (Å²) >= 11 is 9.50. The van der Waals surface area contributed by atoms with Gasteiger partial charge in [-0.1, -0.05) is 51.8 Å². The number of ketones is 1. The van der Waals surface area contributed by atoms with E-state index in [1.807, 2.05) is 0 Å². The molecule has 0 saturated carbocycles. The second-order valence-corrected chi connectivity index (χ2v) is 7.69. The van der Waals surface area contributed by atoms with Crippen LogP contribution in [0.5, 0.6) is 0 Å². The van der Waals surface area contributed by atoms with Gasteiger partial charge in [-0.2, -0.15) is 0 Å². The van der Waals surface area contributed by atoms with Crippen LogP contribution in [0.25, 0.3) is 11.0 Å². The number of amides is 1. The van der Waals surface area contributed by atoms with E-state index in [0.717, 1.165) is 6.07 Å². The molecule has 4 aromatic rings. The van der Waals surface area contributed by atoms with E-state index < -0.39 is 5.91 Å². The summed E-state index contributed by atoms with van der Waals surface area (Å²) in [6, 6.07) is 19.4. The summed E-state index contributed by atoms with van der Waals surface area (Å²) in [6.45, 7) is 0. The van der Waals surface area contributed by atoms with Crippen LogP contribution in [0.2, 0.25) is 5.02 Å². The topological polar surface area (TPSA) is 76.4 Å². The van der Waals surface area contributed by atoms with E-state index in [9.17, 15) is 14.4 Å². The van der Waals surface area contributed by atoms with Crippen LogP contribution in [0.15, 0.2) is 86.5 Å². The van der Waals surface area contributed by atoms with Gasteiger partial charge in [0.25, 0.3) is 5.91 Å². The summed E-state index contributed by atoms with van der Waals surface area (Å²) in [6.07, 6.45) is 0. The van der Waals surface area contributed by atoms with Gasteiger partial charge in [-0.3, -0.25) is 14.4 Å². The van der Waals surface area contributed by atoms with Gasteiger partial charge in [0.2, 0.25) is 0 Å². The second kappa shape index (κ2) is 8.26. The molecule has 3 aromatic carbocycles. The Kier molecular flexibility index (Phi) is 5.53. The highest BCUT2D eigenvalue weighted by molar-refractivity contribution is 9.10. The fraction of sp³-hybridized carbons (Fsp3) is 0. The van der Waals surface area contributed by atoms with Gasteiger partial charge in [0.1, 0.15) is 5.58 Å². The Bertz CT molecular complexity index is 1360. The van der Waals surface area contributed by atoms with Crippen molar-refractivity contribution in [3.05, 3.63) is 109 Å². The lowest BCUT2D eigenvalue weighted by molar-refractivity contribution is 0.0995. The number of carbonyl (C=O) groups is 2. The van der Waals surface area contributed by atoms with Gasteiger partial charge in [-0.25, -0.2) is 0 Å². The van der Waals surface area contributed by atoms with Crippen molar-refractivity contribution in [2.45, 2.75) is 0 Å². The Morgan fingerprint density at radius 2 is 1.63 bits per heavy atom. The van der Waals surface area contributed by atoms with E-state index >= 15 is 0 Å². The predicted molar refractivity (Wildman–Crippen MR) is 119 cm³/mol. The minimum Gasteiger partial charge on any atom is -0.451 e. The van der Waals surface area contributed by atoms with Crippen molar-refractivity contribution < 1.29 is 14.0 Å². The van der Waals surface area contributed by atoms with Gasteiger partial charge >= 0.3 is 0 Å². The number of para-hydroxylation sites is 1. The molecule has 0 atom stereocenters. The SMILES string of the molecule is O=C(Nc1ccc(Br)c(C(=O)c2ccccc2Cl)c1)c1cc(=O)c2ccccc2o1. The van der Waals surface area contributed by atoms with Gasteiger partial charge in [0, 0.05) is 27.4 Å². The molecule has 0 bridgehead atoms. The number of nitrogens with one attached hydrogen (secondary N) is 1. The third-order valence-electron chi connectivity index (χ3n) is 4.45. The highest BCUT2D eigenvalue weighted by Gasteiger charge is 2.18. The maximum absolute atomic E-state index is 12.9. The van der Waals surface area contributed by atoms with Crippen LogP contribution < -0.4 is 10.7 Å². The molecule has 7 heteroatoms. The quantitative estimate of drug-likeness (QED) is 0.379. The average Bonchev–Trinajstić information content (AvgIpc) is 2.75. The fourth-order valence-corrected chi connectivity index (χ4v) is 3.62. The normalized spacial score (nSPS) is 10.7. The largest absolute Gasteiger partial charge is 0.451 e. The molecule has 1 N–H and O–H groups in total. The summed E-state index contributed by atoms with van der Waals surface area (Å²) in [5.41, 5.74) is 1.06. The summed E-state index contributed by atoms with van der Waals surface area (Å²) in [5.74, 6) is -1.02.